The lowest BCUT2D eigenvalue weighted by atomic mass is 9.50. The smallest absolute Gasteiger partial charge is 0.418 e. The van der Waals surface area contributed by atoms with Gasteiger partial charge in [-0.2, -0.15) is 5.26 Å². The fourth-order valence-corrected chi connectivity index (χ4v) is 7.63. The number of fused-ring (bicyclic) bond motifs is 2. The van der Waals surface area contributed by atoms with Gasteiger partial charge < -0.3 is 25.1 Å². The summed E-state index contributed by atoms with van der Waals surface area (Å²) in [6.07, 6.45) is 7.05. The van der Waals surface area contributed by atoms with Crippen LogP contribution >= 0.6 is 11.6 Å². The Labute approximate surface area is 323 Å². The van der Waals surface area contributed by atoms with E-state index < -0.39 is 30.9 Å². The van der Waals surface area contributed by atoms with E-state index in [2.05, 4.69) is 47.5 Å². The molecule has 15 heteroatoms. The Balaban J connectivity index is 1.43. The molecule has 0 radical (unpaired) electrons. The van der Waals surface area contributed by atoms with Gasteiger partial charge in [0.15, 0.2) is 0 Å². The number of hydrogen-bond donors (Lipinski definition) is 2. The van der Waals surface area contributed by atoms with E-state index in [0.29, 0.717) is 51.1 Å². The molecule has 8 rings (SSSR count). The summed E-state index contributed by atoms with van der Waals surface area (Å²) in [5, 5.41) is 24.5. The molecule has 3 heterocycles. The van der Waals surface area contributed by atoms with Gasteiger partial charge in [0.1, 0.15) is 23.8 Å². The molecule has 14 nitrogen and oxygen atoms in total. The van der Waals surface area contributed by atoms with Crippen LogP contribution in [-0.2, 0) is 26.9 Å². The first-order valence-corrected chi connectivity index (χ1v) is 18.6. The van der Waals surface area contributed by atoms with Crippen molar-refractivity contribution in [2.24, 2.45) is 30.0 Å². The number of esters is 1. The molecule has 1 amide bonds. The molecule has 3 saturated carbocycles. The minimum atomic E-state index is -1.04. The largest absolute Gasteiger partial charge is 0.427 e. The third-order valence-corrected chi connectivity index (χ3v) is 11.0. The van der Waals surface area contributed by atoms with E-state index in [9.17, 15) is 19.6 Å². The number of carbonyl (C=O) groups is 2. The summed E-state index contributed by atoms with van der Waals surface area (Å²) in [6, 6.07) is 10.7. The first-order chi connectivity index (χ1) is 26.1. The molecule has 55 heavy (non-hydrogen) atoms. The Bertz CT molecular complexity index is 2410. The molecule has 5 aromatic rings. The van der Waals surface area contributed by atoms with Crippen LogP contribution in [0.2, 0.25) is 5.02 Å². The summed E-state index contributed by atoms with van der Waals surface area (Å²) in [5.74, 6) is -0.265. The van der Waals surface area contributed by atoms with Gasteiger partial charge in [-0.3, -0.25) is 19.5 Å². The third-order valence-electron chi connectivity index (χ3n) is 10.7. The van der Waals surface area contributed by atoms with Crippen molar-refractivity contribution in [1.82, 2.24) is 24.5 Å². The van der Waals surface area contributed by atoms with Crippen LogP contribution in [-0.4, -0.2) is 56.0 Å². The maximum absolute atomic E-state index is 14.7. The average Bonchev–Trinajstić information content (AvgIpc) is 3.57. The number of nitrogens with two attached hydrogens (primary N) is 1. The zero-order valence-electron chi connectivity index (χ0n) is 31.7. The lowest BCUT2D eigenvalue weighted by molar-refractivity contribution is -0.154. The average molecular weight is 766 g/mol. The highest BCUT2D eigenvalue weighted by Gasteiger charge is 2.59. The second-order valence-electron chi connectivity index (χ2n) is 16.3. The van der Waals surface area contributed by atoms with Crippen LogP contribution < -0.4 is 21.5 Å². The minimum Gasteiger partial charge on any atom is -0.427 e. The summed E-state index contributed by atoms with van der Waals surface area (Å²) in [5.41, 5.74) is 7.91. The number of carbonyl (C=O) groups excluding carboxylic acids is 2. The summed E-state index contributed by atoms with van der Waals surface area (Å²) in [4.78, 5) is 46.7. The van der Waals surface area contributed by atoms with Crippen molar-refractivity contribution in [3.63, 3.8) is 0 Å². The monoisotopic (exact) mass is 765 g/mol. The number of benzene rings is 2. The molecule has 3 aliphatic rings. The lowest BCUT2D eigenvalue weighted by Gasteiger charge is -2.61. The number of ether oxygens (including phenoxy) is 2. The van der Waals surface area contributed by atoms with Crippen molar-refractivity contribution in [1.29, 1.82) is 5.26 Å². The third kappa shape index (κ3) is 6.98. The summed E-state index contributed by atoms with van der Waals surface area (Å²) in [7, 11) is 1.67. The van der Waals surface area contributed by atoms with Gasteiger partial charge in [0.25, 0.3) is 5.56 Å². The van der Waals surface area contributed by atoms with Gasteiger partial charge in [0.2, 0.25) is 6.79 Å². The second-order valence-corrected chi connectivity index (χ2v) is 16.7. The van der Waals surface area contributed by atoms with Crippen LogP contribution in [0.5, 0.6) is 0 Å². The molecule has 0 unspecified atom stereocenters. The Morgan fingerprint density at radius 2 is 1.89 bits per heavy atom. The fraction of sp³-hybridized carbons (Fsp3) is 0.425. The maximum atomic E-state index is 14.7. The molecule has 0 spiro atoms. The summed E-state index contributed by atoms with van der Waals surface area (Å²) in [6.45, 7) is 9.54. The van der Waals surface area contributed by atoms with E-state index in [4.69, 9.17) is 26.8 Å². The van der Waals surface area contributed by atoms with E-state index >= 15 is 0 Å². The maximum Gasteiger partial charge on any atom is 0.418 e. The molecule has 3 fully saturated rings. The quantitative estimate of drug-likeness (QED) is 0.112. The topological polar surface area (TPSA) is 183 Å². The van der Waals surface area contributed by atoms with Crippen LogP contribution in [0.1, 0.15) is 76.7 Å². The van der Waals surface area contributed by atoms with Gasteiger partial charge in [-0.15, -0.1) is 5.10 Å². The van der Waals surface area contributed by atoms with Gasteiger partial charge >= 0.3 is 12.1 Å². The Morgan fingerprint density at radius 3 is 2.55 bits per heavy atom. The van der Waals surface area contributed by atoms with Crippen molar-refractivity contribution in [3.8, 4) is 6.07 Å². The first-order valence-electron chi connectivity index (χ1n) is 18.3. The summed E-state index contributed by atoms with van der Waals surface area (Å²) < 4.78 is 14.4. The van der Waals surface area contributed by atoms with Crippen molar-refractivity contribution >= 4 is 56.7 Å². The van der Waals surface area contributed by atoms with Gasteiger partial charge in [-0.05, 0) is 71.7 Å². The Morgan fingerprint density at radius 1 is 1.15 bits per heavy atom. The number of nitriles is 1. The van der Waals surface area contributed by atoms with Gasteiger partial charge in [0, 0.05) is 36.8 Å². The van der Waals surface area contributed by atoms with Crippen molar-refractivity contribution in [2.45, 2.75) is 71.5 Å². The molecule has 2 aromatic carbocycles. The van der Waals surface area contributed by atoms with Crippen molar-refractivity contribution in [2.75, 3.05) is 23.6 Å². The van der Waals surface area contributed by atoms with Crippen LogP contribution in [0.25, 0.3) is 21.7 Å². The van der Waals surface area contributed by atoms with E-state index in [1.165, 1.54) is 15.7 Å². The Kier molecular flexibility index (Phi) is 9.81. The Hall–Kier alpha value is -5.52. The van der Waals surface area contributed by atoms with E-state index in [1.807, 2.05) is 23.0 Å². The molecule has 286 valence electrons. The molecule has 3 N–H and O–H groups in total. The number of anilines is 2. The number of rotatable bonds is 11. The van der Waals surface area contributed by atoms with Gasteiger partial charge in [0.05, 0.1) is 39.2 Å². The predicted octanol–water partition coefficient (Wildman–Crippen LogP) is 6.39. The molecular weight excluding hydrogens is 722 g/mol. The SMILES string of the molecule is CC(C)[C@H](N)C(=O)OCOC(=O)N(c1cc(Cl)c2ncc(C#N)c(NCC(C)(C)C)c2c1)[C@H](c1cn(C23CC(C2)C3)nn1)c1cccc2c(=O)n(C)ccc12. The zero-order chi connectivity index (χ0) is 39.4. The lowest BCUT2D eigenvalue weighted by Crippen LogP contribution is -2.59. The number of aryl methyl sites for hydroxylation is 1. The molecule has 0 saturated heterocycles. The van der Waals surface area contributed by atoms with Crippen LogP contribution in [0.3, 0.4) is 0 Å². The number of amides is 1. The van der Waals surface area contributed by atoms with Crippen LogP contribution in [0.4, 0.5) is 16.2 Å². The second kappa shape index (κ2) is 14.3. The summed E-state index contributed by atoms with van der Waals surface area (Å²) >= 11 is 6.99. The minimum absolute atomic E-state index is 0.122. The number of aromatic nitrogens is 5. The van der Waals surface area contributed by atoms with Gasteiger partial charge in [-0.25, -0.2) is 9.48 Å². The number of nitrogens with one attached hydrogen (secondary N) is 1. The van der Waals surface area contributed by atoms with E-state index in [-0.39, 0.29) is 38.7 Å². The normalized spacial score (nSPS) is 18.6. The molecular formula is C40H44ClN9O5. The van der Waals surface area contributed by atoms with Gasteiger partial charge in [-0.1, -0.05) is 63.6 Å². The molecule has 3 aromatic heterocycles. The molecule has 2 bridgehead atoms. The van der Waals surface area contributed by atoms with Crippen molar-refractivity contribution in [3.05, 3.63) is 87.2 Å². The molecule has 3 aliphatic carbocycles. The number of halogens is 1. The number of pyridine rings is 2. The van der Waals surface area contributed by atoms with Crippen LogP contribution in [0, 0.1) is 28.6 Å². The molecule has 0 aliphatic heterocycles. The fourth-order valence-electron chi connectivity index (χ4n) is 7.36. The predicted molar refractivity (Wildman–Crippen MR) is 209 cm³/mol. The standard InChI is InChI=1S/C40H44ClN9O5/c1-22(2)32(43)37(52)54-21-55-38(53)50(25-12-29-33(45-20-39(3,4)5)24(17-42)18-44-34(29)30(41)13-25)35(31-19-49(47-46-31)40-14-23(15-40)16-40)27-8-7-9-28-26(27)10-11-48(6)36(28)51/h7-13,18-19,22-23,32,35H,14-16,20-21,43H2,1-6H3,(H,44,45)/t23?,32-,35-,40?/m0/s1. The zero-order valence-corrected chi connectivity index (χ0v) is 32.4. The highest BCUT2D eigenvalue weighted by molar-refractivity contribution is 6.36. The van der Waals surface area contributed by atoms with Crippen LogP contribution in [0.15, 0.2) is 59.8 Å². The molecule has 2 atom stereocenters. The van der Waals surface area contributed by atoms with Crippen molar-refractivity contribution < 1.29 is 19.1 Å². The van der Waals surface area contributed by atoms with E-state index in [1.54, 1.807) is 51.4 Å². The van der Waals surface area contributed by atoms with E-state index in [0.717, 1.165) is 19.3 Å². The highest BCUT2D eigenvalue weighted by Crippen LogP contribution is 2.62. The first kappa shape index (κ1) is 37.8. The number of hydrogen-bond acceptors (Lipinski definition) is 11. The number of nitrogens with zero attached hydrogens (tertiary/aromatic N) is 7. The highest BCUT2D eigenvalue weighted by atomic mass is 35.5.